The van der Waals surface area contributed by atoms with Gasteiger partial charge >= 0.3 is 6.36 Å². The van der Waals surface area contributed by atoms with Crippen molar-refractivity contribution in [2.24, 2.45) is 5.73 Å². The number of hydrogen-bond acceptors (Lipinski definition) is 5. The number of aliphatic hydroxyl groups excluding tert-OH is 1. The normalized spacial score (nSPS) is 11.4. The molecule has 1 aromatic heterocycles. The Hall–Kier alpha value is -1.54. The van der Waals surface area contributed by atoms with Crippen LogP contribution in [-0.4, -0.2) is 23.6 Å². The molecule has 0 amide bonds. The number of nitrogens with zero attached hydrogens (tertiary/aromatic N) is 1. The van der Waals surface area contributed by atoms with Gasteiger partial charge < -0.3 is 20.3 Å². The van der Waals surface area contributed by atoms with Gasteiger partial charge in [-0.15, -0.1) is 13.2 Å². The number of aromatic nitrogens is 1. The quantitative estimate of drug-likeness (QED) is 0.833. The summed E-state index contributed by atoms with van der Waals surface area (Å²) in [4.78, 5) is 3.69. The molecule has 0 radical (unpaired) electrons. The molecule has 17 heavy (non-hydrogen) atoms. The minimum absolute atomic E-state index is 0.0683. The summed E-state index contributed by atoms with van der Waals surface area (Å²) in [5.74, 6) is -0.943. The van der Waals surface area contributed by atoms with Crippen LogP contribution in [0.2, 0.25) is 0 Å². The Morgan fingerprint density at radius 3 is 2.53 bits per heavy atom. The molecule has 0 atom stereocenters. The molecule has 0 spiro atoms. The molecule has 0 unspecified atom stereocenters. The average molecular weight is 252 g/mol. The lowest BCUT2D eigenvalue weighted by molar-refractivity contribution is -0.275. The summed E-state index contributed by atoms with van der Waals surface area (Å²) < 4.78 is 44.7. The summed E-state index contributed by atoms with van der Waals surface area (Å²) in [7, 11) is 1.15. The molecule has 3 N–H and O–H groups in total. The highest BCUT2D eigenvalue weighted by atomic mass is 19.4. The topological polar surface area (TPSA) is 77.6 Å². The number of pyridine rings is 1. The van der Waals surface area contributed by atoms with Crippen molar-refractivity contribution < 1.29 is 27.8 Å². The van der Waals surface area contributed by atoms with E-state index >= 15 is 0 Å². The second kappa shape index (κ2) is 5.19. The molecule has 5 nitrogen and oxygen atoms in total. The van der Waals surface area contributed by atoms with Crippen molar-refractivity contribution in [3.05, 3.63) is 17.3 Å². The summed E-state index contributed by atoms with van der Waals surface area (Å²) in [6.45, 7) is -0.518. The van der Waals surface area contributed by atoms with E-state index in [4.69, 9.17) is 10.8 Å². The van der Waals surface area contributed by atoms with Crippen LogP contribution in [0.5, 0.6) is 11.6 Å². The van der Waals surface area contributed by atoms with Crippen LogP contribution in [0, 0.1) is 0 Å². The van der Waals surface area contributed by atoms with Gasteiger partial charge in [0.1, 0.15) is 0 Å². The molecule has 1 rings (SSSR count). The Kier molecular flexibility index (Phi) is 4.13. The van der Waals surface area contributed by atoms with Gasteiger partial charge in [-0.2, -0.15) is 0 Å². The number of methoxy groups -OCH3 is 1. The fourth-order valence-electron chi connectivity index (χ4n) is 1.21. The fourth-order valence-corrected chi connectivity index (χ4v) is 1.21. The van der Waals surface area contributed by atoms with E-state index in [1.807, 2.05) is 0 Å². The van der Waals surface area contributed by atoms with Crippen LogP contribution in [0.15, 0.2) is 6.07 Å². The maximum absolute atomic E-state index is 12.1. The molecular weight excluding hydrogens is 241 g/mol. The number of aliphatic hydroxyl groups is 1. The summed E-state index contributed by atoms with van der Waals surface area (Å²) >= 11 is 0. The summed E-state index contributed by atoms with van der Waals surface area (Å²) in [5, 5.41) is 8.96. The SMILES string of the molecule is COc1nc(CO)c(CN)cc1OC(F)(F)F. The van der Waals surface area contributed by atoms with Crippen LogP contribution in [0.3, 0.4) is 0 Å². The summed E-state index contributed by atoms with van der Waals surface area (Å²) in [6, 6.07) is 1.05. The maximum atomic E-state index is 12.1. The van der Waals surface area contributed by atoms with Gasteiger partial charge in [-0.1, -0.05) is 0 Å². The van der Waals surface area contributed by atoms with Gasteiger partial charge in [0, 0.05) is 6.54 Å². The van der Waals surface area contributed by atoms with Crippen molar-refractivity contribution in [1.82, 2.24) is 4.98 Å². The first kappa shape index (κ1) is 13.5. The third-order valence-corrected chi connectivity index (χ3v) is 1.91. The van der Waals surface area contributed by atoms with Crippen molar-refractivity contribution in [3.8, 4) is 11.6 Å². The molecule has 0 bridgehead atoms. The van der Waals surface area contributed by atoms with Gasteiger partial charge in [-0.05, 0) is 11.6 Å². The number of halogens is 3. The number of nitrogens with two attached hydrogens (primary N) is 1. The maximum Gasteiger partial charge on any atom is 0.573 e. The van der Waals surface area contributed by atoms with Crippen LogP contribution >= 0.6 is 0 Å². The summed E-state index contributed by atoms with van der Waals surface area (Å²) in [5.41, 5.74) is 5.73. The number of rotatable bonds is 4. The third kappa shape index (κ3) is 3.46. The number of ether oxygens (including phenoxy) is 2. The van der Waals surface area contributed by atoms with Gasteiger partial charge in [0.2, 0.25) is 0 Å². The molecule has 1 aromatic rings. The standard InChI is InChI=1S/C9H11F3N2O3/c1-16-8-7(17-9(10,11)12)2-5(3-13)6(4-15)14-8/h2,15H,3-4,13H2,1H3. The first-order valence-electron chi connectivity index (χ1n) is 4.54. The first-order chi connectivity index (χ1) is 7.91. The minimum Gasteiger partial charge on any atom is -0.478 e. The average Bonchev–Trinajstić information content (AvgIpc) is 2.26. The zero-order valence-electron chi connectivity index (χ0n) is 8.91. The van der Waals surface area contributed by atoms with Crippen LogP contribution in [0.25, 0.3) is 0 Å². The zero-order chi connectivity index (χ0) is 13.1. The number of alkyl halides is 3. The monoisotopic (exact) mass is 252 g/mol. The molecule has 96 valence electrons. The Balaban J connectivity index is 3.19. The molecule has 0 aliphatic carbocycles. The zero-order valence-corrected chi connectivity index (χ0v) is 8.91. The van der Waals surface area contributed by atoms with E-state index in [0.717, 1.165) is 13.2 Å². The second-order valence-electron chi connectivity index (χ2n) is 3.01. The molecule has 0 aromatic carbocycles. The predicted octanol–water partition coefficient (Wildman–Crippen LogP) is 0.940. The molecule has 0 saturated heterocycles. The van der Waals surface area contributed by atoms with E-state index in [2.05, 4.69) is 14.5 Å². The second-order valence-corrected chi connectivity index (χ2v) is 3.01. The molecule has 8 heteroatoms. The van der Waals surface area contributed by atoms with Crippen molar-refractivity contribution in [2.45, 2.75) is 19.5 Å². The van der Waals surface area contributed by atoms with Crippen molar-refractivity contribution >= 4 is 0 Å². The van der Waals surface area contributed by atoms with E-state index in [-0.39, 0.29) is 23.7 Å². The summed E-state index contributed by atoms with van der Waals surface area (Å²) in [6.07, 6.45) is -4.85. The van der Waals surface area contributed by atoms with Crippen LogP contribution in [0.4, 0.5) is 13.2 Å². The highest BCUT2D eigenvalue weighted by molar-refractivity contribution is 5.40. The largest absolute Gasteiger partial charge is 0.573 e. The van der Waals surface area contributed by atoms with Crippen LogP contribution in [-0.2, 0) is 13.2 Å². The lowest BCUT2D eigenvalue weighted by Gasteiger charge is -2.14. The number of hydrogen-bond donors (Lipinski definition) is 2. The lowest BCUT2D eigenvalue weighted by Crippen LogP contribution is -2.19. The van der Waals surface area contributed by atoms with E-state index in [1.54, 1.807) is 0 Å². The van der Waals surface area contributed by atoms with Gasteiger partial charge in [-0.3, -0.25) is 0 Å². The minimum atomic E-state index is -4.85. The van der Waals surface area contributed by atoms with E-state index < -0.39 is 18.7 Å². The van der Waals surface area contributed by atoms with Crippen molar-refractivity contribution in [2.75, 3.05) is 7.11 Å². The van der Waals surface area contributed by atoms with Crippen molar-refractivity contribution in [3.63, 3.8) is 0 Å². The predicted molar refractivity (Wildman–Crippen MR) is 51.3 cm³/mol. The Morgan fingerprint density at radius 2 is 2.12 bits per heavy atom. The smallest absolute Gasteiger partial charge is 0.478 e. The van der Waals surface area contributed by atoms with Gasteiger partial charge in [0.15, 0.2) is 5.75 Å². The van der Waals surface area contributed by atoms with E-state index in [9.17, 15) is 13.2 Å². The van der Waals surface area contributed by atoms with Gasteiger partial charge in [0.25, 0.3) is 5.88 Å². The highest BCUT2D eigenvalue weighted by Gasteiger charge is 2.33. The third-order valence-electron chi connectivity index (χ3n) is 1.91. The van der Waals surface area contributed by atoms with E-state index in [0.29, 0.717) is 0 Å². The Morgan fingerprint density at radius 1 is 1.47 bits per heavy atom. The van der Waals surface area contributed by atoms with Crippen molar-refractivity contribution in [1.29, 1.82) is 0 Å². The first-order valence-corrected chi connectivity index (χ1v) is 4.54. The molecule has 0 aliphatic rings. The van der Waals surface area contributed by atoms with Gasteiger partial charge in [-0.25, -0.2) is 4.98 Å². The van der Waals surface area contributed by atoms with Gasteiger partial charge in [0.05, 0.1) is 19.4 Å². The Bertz CT molecular complexity index is 396. The highest BCUT2D eigenvalue weighted by Crippen LogP contribution is 2.32. The molecule has 0 fully saturated rings. The Labute approximate surface area is 95.0 Å². The molecule has 0 aliphatic heterocycles. The molecule has 0 saturated carbocycles. The fraction of sp³-hybridized carbons (Fsp3) is 0.444. The lowest BCUT2D eigenvalue weighted by atomic mass is 10.2. The van der Waals surface area contributed by atoms with E-state index in [1.165, 1.54) is 0 Å². The molecular formula is C9H11F3N2O3. The molecule has 1 heterocycles. The van der Waals surface area contributed by atoms with Crippen LogP contribution < -0.4 is 15.2 Å². The van der Waals surface area contributed by atoms with Crippen LogP contribution in [0.1, 0.15) is 11.3 Å².